The molecule has 0 bridgehead atoms. The van der Waals surface area contributed by atoms with Crippen molar-refractivity contribution in [3.63, 3.8) is 0 Å². The van der Waals surface area contributed by atoms with Gasteiger partial charge in [-0.2, -0.15) is 0 Å². The highest BCUT2D eigenvalue weighted by Crippen LogP contribution is 2.30. The fourth-order valence-corrected chi connectivity index (χ4v) is 2.56. The Morgan fingerprint density at radius 1 is 1.00 bits per heavy atom. The first kappa shape index (κ1) is 17.9. The number of amides is 1. The number of methoxy groups -OCH3 is 3. The zero-order chi connectivity index (χ0) is 17.7. The summed E-state index contributed by atoms with van der Waals surface area (Å²) in [6.45, 7) is 1.87. The molecule has 1 amide bonds. The summed E-state index contributed by atoms with van der Waals surface area (Å²) in [7, 11) is 4.68. The van der Waals surface area contributed by atoms with Gasteiger partial charge in [-0.3, -0.25) is 4.79 Å². The van der Waals surface area contributed by atoms with Crippen molar-refractivity contribution in [3.8, 4) is 17.2 Å². The highest BCUT2D eigenvalue weighted by Gasteiger charge is 2.19. The van der Waals surface area contributed by atoms with E-state index in [0.29, 0.717) is 27.8 Å². The van der Waals surface area contributed by atoms with Gasteiger partial charge in [0, 0.05) is 10.6 Å². The molecule has 5 nitrogen and oxygen atoms in total. The minimum absolute atomic E-state index is 0.285. The van der Waals surface area contributed by atoms with Crippen molar-refractivity contribution in [1.82, 2.24) is 5.32 Å². The summed E-state index contributed by atoms with van der Waals surface area (Å²) in [5.41, 5.74) is 1.19. The summed E-state index contributed by atoms with van der Waals surface area (Å²) in [5, 5.41) is 3.39. The van der Waals surface area contributed by atoms with Gasteiger partial charge in [-0.25, -0.2) is 0 Å². The van der Waals surface area contributed by atoms with Crippen LogP contribution in [-0.2, 0) is 0 Å². The number of carbonyl (C=O) groups excluding carboxylic acids is 1. The van der Waals surface area contributed by atoms with E-state index in [4.69, 9.17) is 25.8 Å². The van der Waals surface area contributed by atoms with E-state index in [1.54, 1.807) is 44.6 Å². The maximum Gasteiger partial charge on any atom is 0.255 e. The summed E-state index contributed by atoms with van der Waals surface area (Å²) in [6.07, 6.45) is 0. The fourth-order valence-electron chi connectivity index (χ4n) is 2.39. The average molecular weight is 350 g/mol. The van der Waals surface area contributed by atoms with Crippen LogP contribution in [0.15, 0.2) is 36.4 Å². The Morgan fingerprint density at radius 3 is 2.29 bits per heavy atom. The van der Waals surface area contributed by atoms with Crippen LogP contribution in [0.25, 0.3) is 0 Å². The number of hydrogen-bond donors (Lipinski definition) is 1. The van der Waals surface area contributed by atoms with Crippen LogP contribution in [0.5, 0.6) is 17.2 Å². The predicted molar refractivity (Wildman–Crippen MR) is 93.4 cm³/mol. The Labute approximate surface area is 146 Å². The van der Waals surface area contributed by atoms with Gasteiger partial charge in [0.15, 0.2) is 0 Å². The number of hydrogen-bond acceptors (Lipinski definition) is 4. The highest BCUT2D eigenvalue weighted by atomic mass is 35.5. The zero-order valence-electron chi connectivity index (χ0n) is 14.1. The third-order valence-electron chi connectivity index (χ3n) is 3.66. The van der Waals surface area contributed by atoms with Crippen LogP contribution < -0.4 is 19.5 Å². The quantitative estimate of drug-likeness (QED) is 0.860. The Bertz CT molecular complexity index is 733. The molecule has 6 heteroatoms. The average Bonchev–Trinajstić information content (AvgIpc) is 2.60. The molecule has 0 heterocycles. The van der Waals surface area contributed by atoms with Crippen LogP contribution in [0.2, 0.25) is 5.02 Å². The monoisotopic (exact) mass is 349 g/mol. The maximum absolute atomic E-state index is 12.6. The number of halogens is 1. The van der Waals surface area contributed by atoms with Crippen molar-refractivity contribution in [2.24, 2.45) is 0 Å². The first-order valence-corrected chi connectivity index (χ1v) is 7.74. The Morgan fingerprint density at radius 2 is 1.67 bits per heavy atom. The topological polar surface area (TPSA) is 56.8 Å². The molecule has 0 saturated carbocycles. The summed E-state index contributed by atoms with van der Waals surface area (Å²) in [6, 6.07) is 10.0. The van der Waals surface area contributed by atoms with Crippen LogP contribution >= 0.6 is 11.6 Å². The van der Waals surface area contributed by atoms with E-state index in [-0.39, 0.29) is 11.9 Å². The van der Waals surface area contributed by atoms with E-state index in [0.717, 1.165) is 5.56 Å². The Hall–Kier alpha value is -2.40. The summed E-state index contributed by atoms with van der Waals surface area (Å²) in [5.74, 6) is 1.53. The van der Waals surface area contributed by atoms with E-state index in [9.17, 15) is 4.79 Å². The molecule has 2 aromatic carbocycles. The van der Waals surface area contributed by atoms with Gasteiger partial charge in [0.05, 0.1) is 32.9 Å². The minimum Gasteiger partial charge on any atom is -0.497 e. The van der Waals surface area contributed by atoms with Crippen molar-refractivity contribution in [2.75, 3.05) is 21.3 Å². The lowest BCUT2D eigenvalue weighted by molar-refractivity contribution is 0.0936. The minimum atomic E-state index is -0.300. The van der Waals surface area contributed by atoms with Gasteiger partial charge in [-0.05, 0) is 43.3 Å². The molecule has 0 aromatic heterocycles. The number of carbonyl (C=O) groups is 1. The van der Waals surface area contributed by atoms with Crippen LogP contribution in [0, 0.1) is 0 Å². The lowest BCUT2D eigenvalue weighted by Gasteiger charge is -2.19. The third kappa shape index (κ3) is 3.92. The molecule has 0 fully saturated rings. The van der Waals surface area contributed by atoms with Crippen molar-refractivity contribution in [1.29, 1.82) is 0 Å². The lowest BCUT2D eigenvalue weighted by Crippen LogP contribution is -2.27. The van der Waals surface area contributed by atoms with Gasteiger partial charge < -0.3 is 19.5 Å². The molecule has 1 atom stereocenters. The molecule has 0 radical (unpaired) electrons. The molecule has 2 aromatic rings. The molecule has 1 N–H and O–H groups in total. The fraction of sp³-hybridized carbons (Fsp3) is 0.278. The molecule has 24 heavy (non-hydrogen) atoms. The first-order valence-electron chi connectivity index (χ1n) is 7.36. The van der Waals surface area contributed by atoms with Crippen molar-refractivity contribution in [3.05, 3.63) is 52.5 Å². The van der Waals surface area contributed by atoms with Crippen molar-refractivity contribution < 1.29 is 19.0 Å². The molecule has 0 aliphatic carbocycles. The third-order valence-corrected chi connectivity index (χ3v) is 3.89. The summed E-state index contributed by atoms with van der Waals surface area (Å²) >= 11 is 5.99. The molecule has 0 saturated heterocycles. The second-order valence-corrected chi connectivity index (χ2v) is 5.58. The largest absolute Gasteiger partial charge is 0.497 e. The van der Waals surface area contributed by atoms with Crippen LogP contribution in [-0.4, -0.2) is 27.2 Å². The molecule has 0 unspecified atom stereocenters. The van der Waals surface area contributed by atoms with Gasteiger partial charge in [-0.15, -0.1) is 0 Å². The SMILES string of the molecule is COc1ccc(OC)c([C@@H](C)NC(=O)c2cc(Cl)ccc2OC)c1. The van der Waals surface area contributed by atoms with Gasteiger partial charge >= 0.3 is 0 Å². The standard InChI is InChI=1S/C18H20ClNO4/c1-11(14-10-13(22-2)6-8-16(14)23-3)20-18(21)15-9-12(19)5-7-17(15)24-4/h5-11H,1-4H3,(H,20,21)/t11-/m1/s1. The van der Waals surface area contributed by atoms with Crippen molar-refractivity contribution >= 4 is 17.5 Å². The summed E-state index contributed by atoms with van der Waals surface area (Å²) < 4.78 is 15.8. The van der Waals surface area contributed by atoms with Crippen molar-refractivity contribution in [2.45, 2.75) is 13.0 Å². The van der Waals surface area contributed by atoms with Gasteiger partial charge in [0.25, 0.3) is 5.91 Å². The normalized spacial score (nSPS) is 11.5. The van der Waals surface area contributed by atoms with Gasteiger partial charge in [0.2, 0.25) is 0 Å². The van der Waals surface area contributed by atoms with Gasteiger partial charge in [0.1, 0.15) is 17.2 Å². The van der Waals surface area contributed by atoms with Crippen LogP contribution in [0.1, 0.15) is 28.9 Å². The second kappa shape index (κ2) is 7.93. The molecule has 0 aliphatic heterocycles. The van der Waals surface area contributed by atoms with Gasteiger partial charge in [-0.1, -0.05) is 11.6 Å². The van der Waals surface area contributed by atoms with Crippen LogP contribution in [0.3, 0.4) is 0 Å². The molecule has 2 rings (SSSR count). The molecular weight excluding hydrogens is 330 g/mol. The highest BCUT2D eigenvalue weighted by molar-refractivity contribution is 6.31. The predicted octanol–water partition coefficient (Wildman–Crippen LogP) is 3.86. The Balaban J connectivity index is 2.28. The number of nitrogens with one attached hydrogen (secondary N) is 1. The second-order valence-electron chi connectivity index (χ2n) is 5.15. The smallest absolute Gasteiger partial charge is 0.255 e. The molecule has 0 aliphatic rings. The van der Waals surface area contributed by atoms with E-state index < -0.39 is 0 Å². The number of benzene rings is 2. The van der Waals surface area contributed by atoms with E-state index in [1.807, 2.05) is 13.0 Å². The Kier molecular flexibility index (Phi) is 5.93. The van der Waals surface area contributed by atoms with E-state index in [1.165, 1.54) is 7.11 Å². The maximum atomic E-state index is 12.6. The molecule has 128 valence electrons. The zero-order valence-corrected chi connectivity index (χ0v) is 14.8. The van der Waals surface area contributed by atoms with E-state index >= 15 is 0 Å². The number of rotatable bonds is 6. The van der Waals surface area contributed by atoms with Crippen LogP contribution in [0.4, 0.5) is 0 Å². The number of ether oxygens (including phenoxy) is 3. The van der Waals surface area contributed by atoms with E-state index in [2.05, 4.69) is 5.32 Å². The lowest BCUT2D eigenvalue weighted by atomic mass is 10.1. The molecular formula is C18H20ClNO4. The summed E-state index contributed by atoms with van der Waals surface area (Å²) in [4.78, 5) is 12.6. The first-order chi connectivity index (χ1) is 11.5. The molecule has 0 spiro atoms.